The molecule has 0 heterocycles. The molecule has 1 aromatic rings. The quantitative estimate of drug-likeness (QED) is 0.817. The van der Waals surface area contributed by atoms with Gasteiger partial charge in [-0.3, -0.25) is 0 Å². The van der Waals surface area contributed by atoms with Gasteiger partial charge in [-0.25, -0.2) is 0 Å². The minimum Gasteiger partial charge on any atom is -0.496 e. The van der Waals surface area contributed by atoms with Crippen molar-refractivity contribution >= 4 is 0 Å². The zero-order valence-corrected chi connectivity index (χ0v) is 13.2. The molecule has 2 rings (SSSR count). The Labute approximate surface area is 123 Å². The lowest BCUT2D eigenvalue weighted by Gasteiger charge is -2.23. The molecule has 1 N–H and O–H groups in total. The van der Waals surface area contributed by atoms with Crippen LogP contribution in [0.4, 0.5) is 0 Å². The van der Waals surface area contributed by atoms with Crippen LogP contribution in [0.15, 0.2) is 18.2 Å². The SMILES string of the molecule is COc1cc(C)ccc1C(C)NCCC1CCCCC1. The lowest BCUT2D eigenvalue weighted by Crippen LogP contribution is -2.23. The van der Waals surface area contributed by atoms with Crippen LogP contribution in [0.2, 0.25) is 0 Å². The standard InChI is InChI=1S/C18H29NO/c1-14-9-10-17(18(13-14)20-3)15(2)19-12-11-16-7-5-4-6-8-16/h9-10,13,15-16,19H,4-8,11-12H2,1-3H3. The molecule has 0 amide bonds. The monoisotopic (exact) mass is 275 g/mol. The van der Waals surface area contributed by atoms with Gasteiger partial charge in [0.05, 0.1) is 7.11 Å². The van der Waals surface area contributed by atoms with E-state index in [2.05, 4.69) is 37.4 Å². The van der Waals surface area contributed by atoms with Crippen LogP contribution in [0, 0.1) is 12.8 Å². The predicted molar refractivity (Wildman–Crippen MR) is 85.3 cm³/mol. The Hall–Kier alpha value is -1.02. The number of methoxy groups -OCH3 is 1. The van der Waals surface area contributed by atoms with Crippen molar-refractivity contribution < 1.29 is 4.74 Å². The summed E-state index contributed by atoms with van der Waals surface area (Å²) in [5.41, 5.74) is 2.52. The number of benzene rings is 1. The van der Waals surface area contributed by atoms with Gasteiger partial charge >= 0.3 is 0 Å². The molecule has 1 aromatic carbocycles. The third kappa shape index (κ3) is 4.24. The van der Waals surface area contributed by atoms with Crippen LogP contribution in [0.1, 0.15) is 62.6 Å². The van der Waals surface area contributed by atoms with Crippen molar-refractivity contribution in [3.63, 3.8) is 0 Å². The van der Waals surface area contributed by atoms with Gasteiger partial charge in [-0.15, -0.1) is 0 Å². The molecule has 0 bridgehead atoms. The van der Waals surface area contributed by atoms with E-state index in [0.717, 1.165) is 18.2 Å². The molecule has 1 aliphatic rings. The molecule has 20 heavy (non-hydrogen) atoms. The summed E-state index contributed by atoms with van der Waals surface area (Å²) in [4.78, 5) is 0. The maximum atomic E-state index is 5.50. The maximum Gasteiger partial charge on any atom is 0.123 e. The number of rotatable bonds is 6. The first-order valence-corrected chi connectivity index (χ1v) is 8.08. The summed E-state index contributed by atoms with van der Waals surface area (Å²) in [6, 6.07) is 6.83. The Morgan fingerprint density at radius 3 is 2.70 bits per heavy atom. The average Bonchev–Trinajstić information content (AvgIpc) is 2.48. The molecular formula is C18H29NO. The summed E-state index contributed by atoms with van der Waals surface area (Å²) in [5.74, 6) is 1.95. The number of nitrogens with one attached hydrogen (secondary N) is 1. The lowest BCUT2D eigenvalue weighted by molar-refractivity contribution is 0.328. The molecule has 1 unspecified atom stereocenters. The average molecular weight is 275 g/mol. The molecule has 1 aliphatic carbocycles. The van der Waals surface area contributed by atoms with E-state index in [1.807, 2.05) is 0 Å². The van der Waals surface area contributed by atoms with Gasteiger partial charge in [-0.1, -0.05) is 44.2 Å². The van der Waals surface area contributed by atoms with Crippen LogP contribution in [-0.4, -0.2) is 13.7 Å². The van der Waals surface area contributed by atoms with Crippen molar-refractivity contribution in [2.75, 3.05) is 13.7 Å². The Morgan fingerprint density at radius 1 is 1.25 bits per heavy atom. The first-order chi connectivity index (χ1) is 9.70. The van der Waals surface area contributed by atoms with Crippen molar-refractivity contribution in [3.05, 3.63) is 29.3 Å². The van der Waals surface area contributed by atoms with E-state index in [1.54, 1.807) is 7.11 Å². The first-order valence-electron chi connectivity index (χ1n) is 8.08. The summed E-state index contributed by atoms with van der Waals surface area (Å²) in [7, 11) is 1.76. The number of ether oxygens (including phenoxy) is 1. The van der Waals surface area contributed by atoms with E-state index in [4.69, 9.17) is 4.74 Å². The second kappa shape index (κ2) is 7.68. The van der Waals surface area contributed by atoms with Gasteiger partial charge in [-0.2, -0.15) is 0 Å². The largest absolute Gasteiger partial charge is 0.496 e. The van der Waals surface area contributed by atoms with Gasteiger partial charge < -0.3 is 10.1 Å². The molecule has 1 saturated carbocycles. The van der Waals surface area contributed by atoms with Crippen molar-refractivity contribution in [1.29, 1.82) is 0 Å². The molecule has 1 fully saturated rings. The van der Waals surface area contributed by atoms with E-state index in [1.165, 1.54) is 49.7 Å². The highest BCUT2D eigenvalue weighted by Gasteiger charge is 2.15. The summed E-state index contributed by atoms with van der Waals surface area (Å²) in [6.07, 6.45) is 8.51. The maximum absolute atomic E-state index is 5.50. The molecule has 2 nitrogen and oxygen atoms in total. The Bertz CT molecular complexity index is 410. The Morgan fingerprint density at radius 2 is 2.00 bits per heavy atom. The fraction of sp³-hybridized carbons (Fsp3) is 0.667. The molecule has 0 radical (unpaired) electrons. The Balaban J connectivity index is 1.83. The van der Waals surface area contributed by atoms with E-state index in [-0.39, 0.29) is 0 Å². The van der Waals surface area contributed by atoms with Crippen molar-refractivity contribution in [2.45, 2.75) is 58.4 Å². The van der Waals surface area contributed by atoms with Crippen molar-refractivity contribution in [2.24, 2.45) is 5.92 Å². The van der Waals surface area contributed by atoms with E-state index >= 15 is 0 Å². The van der Waals surface area contributed by atoms with E-state index < -0.39 is 0 Å². The molecule has 1 atom stereocenters. The minimum absolute atomic E-state index is 0.356. The highest BCUT2D eigenvalue weighted by atomic mass is 16.5. The fourth-order valence-corrected chi connectivity index (χ4v) is 3.27. The summed E-state index contributed by atoms with van der Waals surface area (Å²) < 4.78 is 5.50. The zero-order valence-electron chi connectivity index (χ0n) is 13.2. The van der Waals surface area contributed by atoms with E-state index in [9.17, 15) is 0 Å². The fourth-order valence-electron chi connectivity index (χ4n) is 3.27. The van der Waals surface area contributed by atoms with Crippen molar-refractivity contribution in [3.8, 4) is 5.75 Å². The van der Waals surface area contributed by atoms with Gasteiger partial charge in [-0.05, 0) is 44.4 Å². The van der Waals surface area contributed by atoms with Crippen LogP contribution in [0.5, 0.6) is 5.75 Å². The van der Waals surface area contributed by atoms with Crippen LogP contribution in [0.3, 0.4) is 0 Å². The zero-order chi connectivity index (χ0) is 14.4. The van der Waals surface area contributed by atoms with Gasteiger partial charge in [0.1, 0.15) is 5.75 Å². The molecule has 0 aliphatic heterocycles. The number of hydrogen-bond donors (Lipinski definition) is 1. The third-order valence-corrected chi connectivity index (χ3v) is 4.58. The third-order valence-electron chi connectivity index (χ3n) is 4.58. The summed E-state index contributed by atoms with van der Waals surface area (Å²) in [6.45, 7) is 5.45. The normalized spacial score (nSPS) is 17.9. The molecule has 112 valence electrons. The number of hydrogen-bond acceptors (Lipinski definition) is 2. The van der Waals surface area contributed by atoms with Crippen LogP contribution in [0.25, 0.3) is 0 Å². The lowest BCUT2D eigenvalue weighted by atomic mass is 9.87. The van der Waals surface area contributed by atoms with E-state index in [0.29, 0.717) is 6.04 Å². The predicted octanol–water partition coefficient (Wildman–Crippen LogP) is 4.62. The molecule has 0 spiro atoms. The second-order valence-electron chi connectivity index (χ2n) is 6.21. The second-order valence-corrected chi connectivity index (χ2v) is 6.21. The van der Waals surface area contributed by atoms with Gasteiger partial charge in [0, 0.05) is 11.6 Å². The molecule has 2 heteroatoms. The van der Waals surface area contributed by atoms with Gasteiger partial charge in [0.2, 0.25) is 0 Å². The highest BCUT2D eigenvalue weighted by Crippen LogP contribution is 2.28. The minimum atomic E-state index is 0.356. The Kier molecular flexibility index (Phi) is 5.90. The van der Waals surface area contributed by atoms with Gasteiger partial charge in [0.25, 0.3) is 0 Å². The number of aryl methyl sites for hydroxylation is 1. The van der Waals surface area contributed by atoms with Crippen LogP contribution >= 0.6 is 0 Å². The van der Waals surface area contributed by atoms with Crippen LogP contribution < -0.4 is 10.1 Å². The van der Waals surface area contributed by atoms with Gasteiger partial charge in [0.15, 0.2) is 0 Å². The summed E-state index contributed by atoms with van der Waals surface area (Å²) in [5, 5.41) is 3.66. The molecular weight excluding hydrogens is 246 g/mol. The highest BCUT2D eigenvalue weighted by molar-refractivity contribution is 5.38. The smallest absolute Gasteiger partial charge is 0.123 e. The summed E-state index contributed by atoms with van der Waals surface area (Å²) >= 11 is 0. The molecule has 0 saturated heterocycles. The molecule has 0 aromatic heterocycles. The first kappa shape index (κ1) is 15.4. The van der Waals surface area contributed by atoms with Crippen LogP contribution in [-0.2, 0) is 0 Å². The topological polar surface area (TPSA) is 21.3 Å². The van der Waals surface area contributed by atoms with Crippen molar-refractivity contribution in [1.82, 2.24) is 5.32 Å².